The Hall–Kier alpha value is -3.13. The average Bonchev–Trinajstić information content (AvgIpc) is 2.72. The van der Waals surface area contributed by atoms with Crippen molar-refractivity contribution in [3.8, 4) is 17.4 Å². The van der Waals surface area contributed by atoms with E-state index in [1.807, 2.05) is 0 Å². The molecule has 0 saturated carbocycles. The summed E-state index contributed by atoms with van der Waals surface area (Å²) in [4.78, 5) is 27.8. The number of anilines is 1. The number of carbonyl (C=O) groups excluding carboxylic acids is 2. The van der Waals surface area contributed by atoms with Crippen LogP contribution in [0.1, 0.15) is 30.1 Å². The van der Waals surface area contributed by atoms with Crippen LogP contribution in [0.25, 0.3) is 0 Å². The smallest absolute Gasteiger partial charge is 0.237 e. The number of ketones is 1. The lowest BCUT2D eigenvalue weighted by molar-refractivity contribution is -0.116. The van der Waals surface area contributed by atoms with E-state index in [4.69, 9.17) is 18.9 Å². The third-order valence-electron chi connectivity index (χ3n) is 3.95. The molecule has 156 valence electrons. The summed E-state index contributed by atoms with van der Waals surface area (Å²) in [5.41, 5.74) is 1.06. The molecule has 1 heterocycles. The fourth-order valence-electron chi connectivity index (χ4n) is 2.46. The molecule has 0 radical (unpaired) electrons. The van der Waals surface area contributed by atoms with Crippen LogP contribution in [0.4, 0.5) is 5.69 Å². The molecule has 29 heavy (non-hydrogen) atoms. The number of aromatic nitrogens is 1. The number of methoxy groups -OCH3 is 2. The molecule has 8 nitrogen and oxygen atoms in total. The standard InChI is InChI=1S/C21H26N2O6/c1-15(24)16-8-9-18(19(14-16)27-3)28-11-5-7-20(25)23-17-6-4-10-22-21(17)29-13-12-26-2/h4,6,8-10,14H,5,7,11-13H2,1-3H3,(H,23,25). The van der Waals surface area contributed by atoms with Crippen LogP contribution in [-0.2, 0) is 9.53 Å². The van der Waals surface area contributed by atoms with E-state index < -0.39 is 0 Å². The van der Waals surface area contributed by atoms with Gasteiger partial charge in [-0.25, -0.2) is 4.98 Å². The lowest BCUT2D eigenvalue weighted by atomic mass is 10.1. The Morgan fingerprint density at radius 1 is 1.03 bits per heavy atom. The number of benzene rings is 1. The van der Waals surface area contributed by atoms with Crippen molar-refractivity contribution in [2.75, 3.05) is 39.4 Å². The number of rotatable bonds is 12. The lowest BCUT2D eigenvalue weighted by Gasteiger charge is -2.12. The van der Waals surface area contributed by atoms with Gasteiger partial charge < -0.3 is 24.3 Å². The number of pyridine rings is 1. The molecule has 0 aliphatic heterocycles. The van der Waals surface area contributed by atoms with Crippen LogP contribution in [0, 0.1) is 0 Å². The monoisotopic (exact) mass is 402 g/mol. The van der Waals surface area contributed by atoms with E-state index in [1.54, 1.807) is 43.6 Å². The largest absolute Gasteiger partial charge is 0.493 e. The first kappa shape index (κ1) is 22.2. The highest BCUT2D eigenvalue weighted by molar-refractivity contribution is 5.94. The fraction of sp³-hybridized carbons (Fsp3) is 0.381. The Kier molecular flexibility index (Phi) is 8.91. The van der Waals surface area contributed by atoms with Crippen molar-refractivity contribution in [3.05, 3.63) is 42.1 Å². The third-order valence-corrected chi connectivity index (χ3v) is 3.95. The predicted octanol–water partition coefficient (Wildman–Crippen LogP) is 3.12. The van der Waals surface area contributed by atoms with Crippen molar-refractivity contribution in [2.45, 2.75) is 19.8 Å². The summed E-state index contributed by atoms with van der Waals surface area (Å²) in [7, 11) is 3.10. The highest BCUT2D eigenvalue weighted by Crippen LogP contribution is 2.28. The summed E-state index contributed by atoms with van der Waals surface area (Å²) in [6, 6.07) is 8.46. The topological polar surface area (TPSA) is 96.0 Å². The number of amides is 1. The van der Waals surface area contributed by atoms with Crippen molar-refractivity contribution in [1.29, 1.82) is 0 Å². The van der Waals surface area contributed by atoms with Crippen LogP contribution in [-0.4, -0.2) is 50.7 Å². The van der Waals surface area contributed by atoms with Crippen molar-refractivity contribution >= 4 is 17.4 Å². The maximum Gasteiger partial charge on any atom is 0.237 e. The van der Waals surface area contributed by atoms with E-state index in [-0.39, 0.29) is 18.1 Å². The van der Waals surface area contributed by atoms with Gasteiger partial charge in [0.1, 0.15) is 12.3 Å². The van der Waals surface area contributed by atoms with Gasteiger partial charge in [0, 0.05) is 25.3 Å². The third kappa shape index (κ3) is 7.08. The predicted molar refractivity (Wildman–Crippen MR) is 108 cm³/mol. The van der Waals surface area contributed by atoms with Gasteiger partial charge in [0.05, 0.1) is 20.3 Å². The second-order valence-electron chi connectivity index (χ2n) is 6.12. The molecular formula is C21H26N2O6. The van der Waals surface area contributed by atoms with Crippen molar-refractivity contribution in [3.63, 3.8) is 0 Å². The molecule has 1 aromatic carbocycles. The quantitative estimate of drug-likeness (QED) is 0.430. The second-order valence-corrected chi connectivity index (χ2v) is 6.12. The molecule has 0 unspecified atom stereocenters. The van der Waals surface area contributed by atoms with Crippen molar-refractivity contribution in [1.82, 2.24) is 4.98 Å². The Morgan fingerprint density at radius 3 is 2.59 bits per heavy atom. The highest BCUT2D eigenvalue weighted by atomic mass is 16.5. The number of hydrogen-bond acceptors (Lipinski definition) is 7. The van der Waals surface area contributed by atoms with Gasteiger partial charge in [-0.15, -0.1) is 0 Å². The number of nitrogens with zero attached hydrogens (tertiary/aromatic N) is 1. The minimum Gasteiger partial charge on any atom is -0.493 e. The van der Waals surface area contributed by atoms with Crippen LogP contribution in [0.5, 0.6) is 17.4 Å². The molecule has 1 amide bonds. The number of hydrogen-bond donors (Lipinski definition) is 1. The van der Waals surface area contributed by atoms with Gasteiger partial charge in [-0.1, -0.05) is 0 Å². The first-order chi connectivity index (χ1) is 14.0. The van der Waals surface area contributed by atoms with Gasteiger partial charge in [0.25, 0.3) is 0 Å². The van der Waals surface area contributed by atoms with Crippen LogP contribution >= 0.6 is 0 Å². The number of nitrogens with one attached hydrogen (secondary N) is 1. The maximum absolute atomic E-state index is 12.2. The molecule has 0 aliphatic rings. The summed E-state index contributed by atoms with van der Waals surface area (Å²) in [6.07, 6.45) is 2.36. The average molecular weight is 402 g/mol. The minimum absolute atomic E-state index is 0.0486. The zero-order valence-electron chi connectivity index (χ0n) is 16.9. The Balaban J connectivity index is 1.81. The molecule has 0 saturated heterocycles. The maximum atomic E-state index is 12.2. The molecule has 0 spiro atoms. The first-order valence-corrected chi connectivity index (χ1v) is 9.23. The number of Topliss-reactive ketones (excluding diaryl/α,β-unsaturated/α-hetero) is 1. The van der Waals surface area contributed by atoms with Gasteiger partial charge in [-0.2, -0.15) is 0 Å². The molecule has 0 aliphatic carbocycles. The second kappa shape index (κ2) is 11.7. The van der Waals surface area contributed by atoms with Crippen LogP contribution < -0.4 is 19.5 Å². The first-order valence-electron chi connectivity index (χ1n) is 9.23. The van der Waals surface area contributed by atoms with Crippen LogP contribution in [0.3, 0.4) is 0 Å². The minimum atomic E-state index is -0.169. The zero-order chi connectivity index (χ0) is 21.1. The van der Waals surface area contributed by atoms with E-state index >= 15 is 0 Å². The molecule has 2 aromatic rings. The summed E-state index contributed by atoms with van der Waals surface area (Å²) < 4.78 is 21.4. The molecule has 0 bridgehead atoms. The summed E-state index contributed by atoms with van der Waals surface area (Å²) in [5, 5.41) is 2.79. The molecule has 1 N–H and O–H groups in total. The summed E-state index contributed by atoms with van der Waals surface area (Å²) in [5.74, 6) is 1.14. The van der Waals surface area contributed by atoms with Crippen molar-refractivity contribution < 1.29 is 28.5 Å². The SMILES string of the molecule is COCCOc1ncccc1NC(=O)CCCOc1ccc(C(C)=O)cc1OC. The lowest BCUT2D eigenvalue weighted by Crippen LogP contribution is -2.15. The van der Waals surface area contributed by atoms with Crippen LogP contribution in [0.15, 0.2) is 36.5 Å². The van der Waals surface area contributed by atoms with E-state index in [0.717, 1.165) is 0 Å². The van der Waals surface area contributed by atoms with E-state index in [0.29, 0.717) is 54.9 Å². The van der Waals surface area contributed by atoms with Crippen molar-refractivity contribution in [2.24, 2.45) is 0 Å². The van der Waals surface area contributed by atoms with Crippen LogP contribution in [0.2, 0.25) is 0 Å². The molecule has 0 atom stereocenters. The van der Waals surface area contributed by atoms with Gasteiger partial charge in [-0.05, 0) is 43.7 Å². The normalized spacial score (nSPS) is 10.3. The fourth-order valence-corrected chi connectivity index (χ4v) is 2.46. The molecule has 2 rings (SSSR count). The van der Waals surface area contributed by atoms with Gasteiger partial charge in [0.2, 0.25) is 11.8 Å². The Bertz CT molecular complexity index is 825. The zero-order valence-corrected chi connectivity index (χ0v) is 16.9. The molecule has 0 fully saturated rings. The van der Waals surface area contributed by atoms with E-state index in [2.05, 4.69) is 10.3 Å². The number of carbonyl (C=O) groups is 2. The van der Waals surface area contributed by atoms with Gasteiger partial charge >= 0.3 is 0 Å². The highest BCUT2D eigenvalue weighted by Gasteiger charge is 2.11. The number of ether oxygens (including phenoxy) is 4. The van der Waals surface area contributed by atoms with Gasteiger partial charge in [0.15, 0.2) is 17.3 Å². The Labute approximate surface area is 170 Å². The summed E-state index contributed by atoms with van der Waals surface area (Å²) >= 11 is 0. The molecular weight excluding hydrogens is 376 g/mol. The van der Waals surface area contributed by atoms with Gasteiger partial charge in [-0.3, -0.25) is 9.59 Å². The van der Waals surface area contributed by atoms with E-state index in [1.165, 1.54) is 14.0 Å². The molecule has 1 aromatic heterocycles. The summed E-state index contributed by atoms with van der Waals surface area (Å²) in [6.45, 7) is 2.59. The molecule has 8 heteroatoms. The van der Waals surface area contributed by atoms with E-state index in [9.17, 15) is 9.59 Å². The Morgan fingerprint density at radius 2 is 1.86 bits per heavy atom.